The topological polar surface area (TPSA) is 83.8 Å². The quantitative estimate of drug-likeness (QED) is 0.362. The third kappa shape index (κ3) is 3.36. The second-order valence-corrected chi connectivity index (χ2v) is 7.32. The van der Waals surface area contributed by atoms with Crippen LogP contribution in [0.3, 0.4) is 0 Å². The average Bonchev–Trinajstić information content (AvgIpc) is 2.72. The van der Waals surface area contributed by atoms with Crippen molar-refractivity contribution >= 4 is 28.6 Å². The van der Waals surface area contributed by atoms with Crippen molar-refractivity contribution < 1.29 is 14.5 Å². The van der Waals surface area contributed by atoms with Gasteiger partial charge in [-0.1, -0.05) is 32.9 Å². The number of carbonyl (C=O) groups is 2. The van der Waals surface area contributed by atoms with Crippen molar-refractivity contribution in [2.24, 2.45) is 5.41 Å². The van der Waals surface area contributed by atoms with Gasteiger partial charge in [-0.05, 0) is 17.2 Å². The zero-order chi connectivity index (χ0) is 18.2. The minimum Gasteiger partial charge on any atom is -0.323 e. The van der Waals surface area contributed by atoms with Gasteiger partial charge in [0, 0.05) is 31.0 Å². The van der Waals surface area contributed by atoms with Gasteiger partial charge in [0.1, 0.15) is 12.2 Å². The van der Waals surface area contributed by atoms with Gasteiger partial charge in [-0.3, -0.25) is 24.6 Å². The van der Waals surface area contributed by atoms with E-state index in [0.717, 1.165) is 5.56 Å². The third-order valence-electron chi connectivity index (χ3n) is 4.15. The summed E-state index contributed by atoms with van der Waals surface area (Å²) in [5.74, 6) is -0.192. The molecule has 2 rings (SSSR count). The fourth-order valence-corrected chi connectivity index (χ4v) is 3.42. The minimum absolute atomic E-state index is 0.0218. The van der Waals surface area contributed by atoms with Crippen LogP contribution in [0.5, 0.6) is 0 Å². The van der Waals surface area contributed by atoms with E-state index in [0.29, 0.717) is 0 Å². The summed E-state index contributed by atoms with van der Waals surface area (Å²) in [7, 11) is 1.65. The molecule has 0 N–H and O–H groups in total. The molecule has 0 bridgehead atoms. The molecule has 1 aromatic carbocycles. The summed E-state index contributed by atoms with van der Waals surface area (Å²) in [6.45, 7) is 5.80. The molecule has 2 atom stereocenters. The van der Waals surface area contributed by atoms with Crippen LogP contribution < -0.4 is 0 Å². The summed E-state index contributed by atoms with van der Waals surface area (Å²) in [6, 6.07) is 5.23. The van der Waals surface area contributed by atoms with Crippen LogP contribution in [-0.2, 0) is 11.2 Å². The Morgan fingerprint density at radius 1 is 1.29 bits per heavy atom. The molecule has 1 fully saturated rings. The Morgan fingerprint density at radius 2 is 1.83 bits per heavy atom. The maximum atomic E-state index is 12.6. The lowest BCUT2D eigenvalue weighted by Gasteiger charge is -2.37. The zero-order valence-electron chi connectivity index (χ0n) is 14.0. The Bertz CT molecular complexity index is 669. The third-order valence-corrected chi connectivity index (χ3v) is 4.35. The molecule has 1 heterocycles. The summed E-state index contributed by atoms with van der Waals surface area (Å²) in [4.78, 5) is 37.8. The minimum atomic E-state index is -0.717. The Kier molecular flexibility index (Phi) is 4.85. The predicted octanol–water partition coefficient (Wildman–Crippen LogP) is 3.01. The van der Waals surface area contributed by atoms with Crippen LogP contribution >= 0.6 is 11.6 Å². The highest BCUT2D eigenvalue weighted by Crippen LogP contribution is 2.35. The van der Waals surface area contributed by atoms with Crippen LogP contribution in [0.1, 0.15) is 26.3 Å². The Labute approximate surface area is 145 Å². The number of nitro groups is 1. The molecular weight excluding hydrogens is 334 g/mol. The maximum absolute atomic E-state index is 12.6. The number of nitro benzene ring substituents is 1. The fraction of sp³-hybridized carbons (Fsp3) is 0.500. The van der Waals surface area contributed by atoms with E-state index in [1.54, 1.807) is 19.2 Å². The van der Waals surface area contributed by atoms with Gasteiger partial charge in [-0.15, -0.1) is 0 Å². The fourth-order valence-electron chi connectivity index (χ4n) is 3.21. The first-order valence-electron chi connectivity index (χ1n) is 7.52. The Balaban J connectivity index is 2.32. The molecule has 0 radical (unpaired) electrons. The number of nitrogens with zero attached hydrogens (tertiary/aromatic N) is 3. The van der Waals surface area contributed by atoms with Crippen molar-refractivity contribution in [3.05, 3.63) is 39.9 Å². The lowest BCUT2D eigenvalue weighted by Crippen LogP contribution is -2.49. The molecule has 0 aliphatic carbocycles. The monoisotopic (exact) mass is 353 g/mol. The molecular formula is C16H20ClN3O4. The summed E-state index contributed by atoms with van der Waals surface area (Å²) in [5, 5.41) is 10.0. The molecule has 1 saturated heterocycles. The predicted molar refractivity (Wildman–Crippen MR) is 89.7 cm³/mol. The largest absolute Gasteiger partial charge is 0.323 e. The molecule has 0 spiro atoms. The van der Waals surface area contributed by atoms with E-state index in [4.69, 9.17) is 11.6 Å². The van der Waals surface area contributed by atoms with Gasteiger partial charge in [0.25, 0.3) is 5.69 Å². The van der Waals surface area contributed by atoms with Crippen molar-refractivity contribution in [3.63, 3.8) is 0 Å². The molecule has 0 saturated carbocycles. The van der Waals surface area contributed by atoms with Gasteiger partial charge in [-0.25, -0.2) is 0 Å². The highest BCUT2D eigenvalue weighted by Gasteiger charge is 2.50. The van der Waals surface area contributed by atoms with E-state index in [9.17, 15) is 19.7 Å². The summed E-state index contributed by atoms with van der Waals surface area (Å²) < 4.78 is 0. The number of hydrogen-bond acceptors (Lipinski definition) is 4. The second kappa shape index (κ2) is 6.39. The Hall–Kier alpha value is -2.15. The first kappa shape index (κ1) is 18.2. The number of likely N-dealkylation sites (N-methyl/N-ethyl adjacent to an activating group) is 1. The number of benzene rings is 1. The molecule has 7 nitrogen and oxygen atoms in total. The van der Waals surface area contributed by atoms with Gasteiger partial charge in [0.2, 0.25) is 5.91 Å². The summed E-state index contributed by atoms with van der Waals surface area (Å²) in [6.07, 6.45) is -0.190. The van der Waals surface area contributed by atoms with Crippen molar-refractivity contribution in [3.8, 4) is 0 Å². The number of carbonyl (C=O) groups excluding carboxylic acids is 2. The van der Waals surface area contributed by atoms with E-state index in [1.807, 2.05) is 20.8 Å². The van der Waals surface area contributed by atoms with Gasteiger partial charge in [-0.2, -0.15) is 0 Å². The number of amides is 2. The number of rotatable bonds is 3. The molecule has 0 aromatic heterocycles. The van der Waals surface area contributed by atoms with Gasteiger partial charge >= 0.3 is 5.37 Å². The van der Waals surface area contributed by atoms with Crippen LogP contribution in [-0.4, -0.2) is 45.3 Å². The smallest absolute Gasteiger partial charge is 0.318 e. The van der Waals surface area contributed by atoms with Crippen LogP contribution in [0.2, 0.25) is 0 Å². The maximum Gasteiger partial charge on any atom is 0.318 e. The molecule has 24 heavy (non-hydrogen) atoms. The molecule has 0 unspecified atom stereocenters. The number of hydrogen-bond donors (Lipinski definition) is 0. The van der Waals surface area contributed by atoms with Crippen molar-refractivity contribution in [2.75, 3.05) is 7.05 Å². The first-order valence-corrected chi connectivity index (χ1v) is 7.89. The molecule has 2 amide bonds. The van der Waals surface area contributed by atoms with Crippen molar-refractivity contribution in [2.45, 2.75) is 39.4 Å². The molecule has 1 aliphatic rings. The normalized spacial score (nSPS) is 21.3. The summed E-state index contributed by atoms with van der Waals surface area (Å²) >= 11 is 5.76. The van der Waals surface area contributed by atoms with Gasteiger partial charge in [0.05, 0.1) is 4.92 Å². The number of halogens is 1. The van der Waals surface area contributed by atoms with Crippen LogP contribution in [0.25, 0.3) is 0 Å². The van der Waals surface area contributed by atoms with Crippen LogP contribution in [0.4, 0.5) is 10.5 Å². The highest BCUT2D eigenvalue weighted by atomic mass is 35.5. The van der Waals surface area contributed by atoms with Crippen molar-refractivity contribution in [1.29, 1.82) is 0 Å². The van der Waals surface area contributed by atoms with E-state index >= 15 is 0 Å². The van der Waals surface area contributed by atoms with Crippen molar-refractivity contribution in [1.82, 2.24) is 9.80 Å². The van der Waals surface area contributed by atoms with Crippen LogP contribution in [0, 0.1) is 15.5 Å². The van der Waals surface area contributed by atoms with Crippen LogP contribution in [0.15, 0.2) is 24.3 Å². The number of non-ortho nitro benzene ring substituents is 1. The highest BCUT2D eigenvalue weighted by molar-refractivity contribution is 6.63. The first-order chi connectivity index (χ1) is 11.0. The molecule has 130 valence electrons. The summed E-state index contributed by atoms with van der Waals surface area (Å²) in [5.41, 5.74) is 0.343. The Morgan fingerprint density at radius 3 is 2.25 bits per heavy atom. The van der Waals surface area contributed by atoms with E-state index in [2.05, 4.69) is 0 Å². The van der Waals surface area contributed by atoms with E-state index < -0.39 is 22.5 Å². The SMILES string of the molecule is CN1C(=O)[C@H](Cc2ccc([N+](=O)[O-])cc2)N(C(=O)Cl)[C@H]1C(C)(C)C. The zero-order valence-corrected chi connectivity index (χ0v) is 14.8. The molecule has 8 heteroatoms. The second-order valence-electron chi connectivity index (χ2n) is 6.99. The average molecular weight is 354 g/mol. The molecule has 1 aromatic rings. The van der Waals surface area contributed by atoms with Gasteiger partial charge in [0.15, 0.2) is 0 Å². The molecule has 1 aliphatic heterocycles. The standard InChI is InChI=1S/C16H20ClN3O4/c1-16(2,3)14-18(4)13(21)12(19(14)15(17)22)9-10-5-7-11(8-6-10)20(23)24/h5-8,12,14H,9H2,1-4H3/t12-,14-/m0/s1. The lowest BCUT2D eigenvalue weighted by atomic mass is 9.91. The van der Waals surface area contributed by atoms with E-state index in [1.165, 1.54) is 21.9 Å². The van der Waals surface area contributed by atoms with E-state index in [-0.39, 0.29) is 23.4 Å². The van der Waals surface area contributed by atoms with Gasteiger partial charge < -0.3 is 4.90 Å². The lowest BCUT2D eigenvalue weighted by molar-refractivity contribution is -0.384.